The number of hydrogen-bond acceptors (Lipinski definition) is 4. The Morgan fingerprint density at radius 2 is 1.55 bits per heavy atom. The summed E-state index contributed by atoms with van der Waals surface area (Å²) in [5.74, 6) is -1.22. The summed E-state index contributed by atoms with van der Waals surface area (Å²) in [6.45, 7) is 0. The number of hydrogen-bond donors (Lipinski definition) is 5. The number of carboxylic acid groups (broad SMARTS) is 1. The molecule has 0 saturated carbocycles. The fourth-order valence-electron chi connectivity index (χ4n) is 1.19. The van der Waals surface area contributed by atoms with Crippen molar-refractivity contribution < 1.29 is 39.0 Å². The van der Waals surface area contributed by atoms with Crippen molar-refractivity contribution in [3.8, 4) is 0 Å². The molecule has 1 aromatic rings. The maximum absolute atomic E-state index is 11.2. The van der Waals surface area contributed by atoms with Gasteiger partial charge in [0.05, 0.1) is 0 Å². The molecular weight excluding hydrogens is 318 g/mol. The third-order valence-corrected chi connectivity index (χ3v) is 3.22. The minimum atomic E-state index is -4.64. The maximum atomic E-state index is 11.2. The zero-order chi connectivity index (χ0) is 15.9. The van der Waals surface area contributed by atoms with Crippen LogP contribution in [0.15, 0.2) is 24.3 Å². The van der Waals surface area contributed by atoms with Gasteiger partial charge in [0.15, 0.2) is 0 Å². The Labute approximate surface area is 148 Å². The van der Waals surface area contributed by atoms with E-state index in [0.29, 0.717) is 55.0 Å². The van der Waals surface area contributed by atoms with E-state index < -0.39 is 19.9 Å². The Kier molecular flexibility index (Phi) is 9.19. The van der Waals surface area contributed by atoms with Crippen molar-refractivity contribution in [2.45, 2.75) is 6.62 Å². The van der Waals surface area contributed by atoms with E-state index in [1.165, 1.54) is 24.3 Å². The first kappa shape index (κ1) is 20.1. The van der Waals surface area contributed by atoms with Gasteiger partial charge >= 0.3 is 130 Å². The molecule has 0 aliphatic rings. The number of Topliss-reactive ketones (excluding diaryl/α,β-unsaturated/α-hetero) is 1. The smallest absolute Gasteiger partial charge is 0.303 e. The van der Waals surface area contributed by atoms with Crippen molar-refractivity contribution in [3.63, 3.8) is 0 Å². The van der Waals surface area contributed by atoms with Crippen LogP contribution in [0.2, 0.25) is 0.515 Å². The SMILES string of the molecule is O=C(O)c1ccc(C(O)C(=O)[CH2][K])cc1.O=P(O)(O)O. The van der Waals surface area contributed by atoms with Crippen LogP contribution < -0.4 is 0 Å². The molecular formula is C10H12KO8P. The Bertz CT molecular complexity index is 500. The third kappa shape index (κ3) is 9.09. The van der Waals surface area contributed by atoms with Gasteiger partial charge < -0.3 is 14.7 Å². The van der Waals surface area contributed by atoms with Crippen molar-refractivity contribution in [2.75, 3.05) is 0 Å². The van der Waals surface area contributed by atoms with Gasteiger partial charge in [0, 0.05) is 0 Å². The molecule has 0 aliphatic carbocycles. The van der Waals surface area contributed by atoms with E-state index in [-0.39, 0.29) is 11.3 Å². The second kappa shape index (κ2) is 9.16. The first-order valence-corrected chi connectivity index (χ1v) is 9.16. The normalized spacial score (nSPS) is 12.1. The zero-order valence-corrected chi connectivity index (χ0v) is 14.5. The fraction of sp³-hybridized carbons (Fsp3) is 0.200. The first-order valence-electron chi connectivity index (χ1n) is 5.38. The second-order valence-electron chi connectivity index (χ2n) is 3.66. The largest absolute Gasteiger partial charge is 0.466 e. The maximum Gasteiger partial charge on any atom is 0.466 e. The molecule has 5 N–H and O–H groups in total. The summed E-state index contributed by atoms with van der Waals surface area (Å²) in [6.07, 6.45) is -1.11. The average molecular weight is 330 g/mol. The number of aliphatic hydroxyl groups is 1. The quantitative estimate of drug-likeness (QED) is 0.371. The summed E-state index contributed by atoms with van der Waals surface area (Å²) < 4.78 is 9.32. The van der Waals surface area contributed by atoms with Gasteiger partial charge in [0.2, 0.25) is 0 Å². The molecule has 1 aromatic carbocycles. The fourth-order valence-corrected chi connectivity index (χ4v) is 1.79. The number of carboxylic acids is 1. The van der Waals surface area contributed by atoms with E-state index >= 15 is 0 Å². The molecule has 0 amide bonds. The molecule has 1 unspecified atom stereocenters. The third-order valence-electron chi connectivity index (χ3n) is 2.13. The van der Waals surface area contributed by atoms with Gasteiger partial charge in [0.1, 0.15) is 0 Å². The Hall–Kier alpha value is 0.0664. The van der Waals surface area contributed by atoms with Crippen molar-refractivity contribution in [1.82, 2.24) is 0 Å². The van der Waals surface area contributed by atoms with E-state index in [4.69, 9.17) is 24.4 Å². The van der Waals surface area contributed by atoms with Crippen LogP contribution in [-0.4, -0.2) is 85.6 Å². The number of aromatic carboxylic acids is 1. The number of aliphatic hydroxyl groups excluding tert-OH is 1. The molecule has 1 rings (SSSR count). The van der Waals surface area contributed by atoms with Gasteiger partial charge in [-0.3, -0.25) is 0 Å². The van der Waals surface area contributed by atoms with E-state index in [2.05, 4.69) is 0 Å². The molecule has 0 spiro atoms. The zero-order valence-electron chi connectivity index (χ0n) is 10.5. The predicted molar refractivity (Wildman–Crippen MR) is 68.2 cm³/mol. The molecule has 106 valence electrons. The molecule has 20 heavy (non-hydrogen) atoms. The molecule has 0 heterocycles. The van der Waals surface area contributed by atoms with Crippen LogP contribution in [0.5, 0.6) is 0 Å². The monoisotopic (exact) mass is 330 g/mol. The summed E-state index contributed by atoms with van der Waals surface area (Å²) in [5, 5.41) is 18.2. The number of benzene rings is 1. The van der Waals surface area contributed by atoms with Crippen LogP contribution in [0.25, 0.3) is 0 Å². The van der Waals surface area contributed by atoms with Crippen molar-refractivity contribution in [2.24, 2.45) is 0 Å². The standard InChI is InChI=1S/C10H9O4.K.H3O4P/c1-6(11)9(12)7-2-4-8(5-3-7)10(13)14;;1-5(2,3)4/h2-5,9,12H,1H2,(H,13,14);;(H3,1,2,3,4). The van der Waals surface area contributed by atoms with E-state index in [1.54, 1.807) is 0 Å². The number of carbonyl (C=O) groups is 2. The first-order chi connectivity index (χ1) is 9.06. The average Bonchev–Trinajstić information content (AvgIpc) is 2.35. The van der Waals surface area contributed by atoms with Crippen LogP contribution in [0.4, 0.5) is 0 Å². The van der Waals surface area contributed by atoms with Crippen molar-refractivity contribution in [1.29, 1.82) is 0 Å². The summed E-state index contributed by atoms with van der Waals surface area (Å²) in [4.78, 5) is 43.3. The molecule has 0 aliphatic heterocycles. The molecule has 10 heteroatoms. The number of phosphoric acid groups is 1. The molecule has 0 fully saturated rings. The second-order valence-corrected chi connectivity index (χ2v) is 5.79. The number of ketones is 1. The van der Waals surface area contributed by atoms with Gasteiger partial charge in [-0.05, 0) is 0 Å². The number of rotatable bonds is 4. The Morgan fingerprint density at radius 3 is 1.85 bits per heavy atom. The van der Waals surface area contributed by atoms with Crippen LogP contribution in [0, 0.1) is 0 Å². The van der Waals surface area contributed by atoms with Gasteiger partial charge in [-0.25, -0.2) is 4.57 Å². The minimum Gasteiger partial charge on any atom is -0.303 e. The number of carbonyl (C=O) groups excluding carboxylic acids is 1. The van der Waals surface area contributed by atoms with Crippen molar-refractivity contribution in [3.05, 3.63) is 35.4 Å². The van der Waals surface area contributed by atoms with Gasteiger partial charge in [-0.15, -0.1) is 0 Å². The topological polar surface area (TPSA) is 152 Å². The van der Waals surface area contributed by atoms with Gasteiger partial charge in [-0.1, -0.05) is 0 Å². The van der Waals surface area contributed by atoms with E-state index in [0.717, 1.165) is 0 Å². The Balaban J connectivity index is 0.000000621. The van der Waals surface area contributed by atoms with Crippen LogP contribution >= 0.6 is 7.82 Å². The summed E-state index contributed by atoms with van der Waals surface area (Å²) >= 11 is 0.381. The van der Waals surface area contributed by atoms with E-state index in [9.17, 15) is 14.7 Å². The summed E-state index contributed by atoms with van der Waals surface area (Å²) in [6, 6.07) is 5.69. The van der Waals surface area contributed by atoms with E-state index in [1.807, 2.05) is 0 Å². The minimum absolute atomic E-state index is 0.146. The molecule has 0 aromatic heterocycles. The van der Waals surface area contributed by atoms with Crippen molar-refractivity contribution >= 4 is 68.5 Å². The van der Waals surface area contributed by atoms with Gasteiger partial charge in [-0.2, -0.15) is 0 Å². The molecule has 8 nitrogen and oxygen atoms in total. The Morgan fingerprint density at radius 1 is 1.15 bits per heavy atom. The predicted octanol–water partition coefficient (Wildman–Crippen LogP) is -0.354. The van der Waals surface area contributed by atoms with Crippen LogP contribution in [-0.2, 0) is 9.36 Å². The molecule has 1 atom stereocenters. The van der Waals surface area contributed by atoms with Crippen LogP contribution in [0.3, 0.4) is 0 Å². The molecule has 0 radical (unpaired) electrons. The summed E-state index contributed by atoms with van der Waals surface area (Å²) in [5.41, 5.74) is 0.599. The summed E-state index contributed by atoms with van der Waals surface area (Å²) in [7, 11) is -4.64. The van der Waals surface area contributed by atoms with Gasteiger partial charge in [0.25, 0.3) is 0 Å². The van der Waals surface area contributed by atoms with Crippen LogP contribution in [0.1, 0.15) is 22.0 Å². The molecule has 0 bridgehead atoms. The molecule has 0 saturated heterocycles.